The zero-order valence-electron chi connectivity index (χ0n) is 14.0. The van der Waals surface area contributed by atoms with Crippen LogP contribution in [0.3, 0.4) is 0 Å². The molecule has 0 radical (unpaired) electrons. The number of fused-ring (bicyclic) bond motifs is 2. The van der Waals surface area contributed by atoms with E-state index in [9.17, 15) is 0 Å². The van der Waals surface area contributed by atoms with Gasteiger partial charge in [-0.15, -0.1) is 0 Å². The van der Waals surface area contributed by atoms with E-state index in [1.807, 2.05) is 6.33 Å². The monoisotopic (exact) mass is 315 g/mol. The fourth-order valence-corrected chi connectivity index (χ4v) is 4.23. The van der Waals surface area contributed by atoms with Crippen molar-refractivity contribution in [3.63, 3.8) is 0 Å². The number of aryl methyl sites for hydroxylation is 2. The van der Waals surface area contributed by atoms with Gasteiger partial charge in [0.05, 0.1) is 29.8 Å². The Kier molecular flexibility index (Phi) is 3.73. The van der Waals surface area contributed by atoms with Gasteiger partial charge in [-0.3, -0.25) is 9.58 Å². The van der Waals surface area contributed by atoms with Crippen molar-refractivity contribution in [3.05, 3.63) is 35.2 Å². The first-order chi connectivity index (χ1) is 11.2. The summed E-state index contributed by atoms with van der Waals surface area (Å²) in [7, 11) is 0. The molecule has 4 heterocycles. The summed E-state index contributed by atoms with van der Waals surface area (Å²) in [5.74, 6) is 0. The summed E-state index contributed by atoms with van der Waals surface area (Å²) in [6, 6.07) is 2.15. The van der Waals surface area contributed by atoms with Gasteiger partial charge in [0, 0.05) is 44.1 Å². The van der Waals surface area contributed by atoms with Crippen LogP contribution >= 0.6 is 0 Å². The van der Waals surface area contributed by atoms with Crippen molar-refractivity contribution in [3.8, 4) is 0 Å². The van der Waals surface area contributed by atoms with E-state index < -0.39 is 0 Å². The molecule has 0 atom stereocenters. The first-order valence-electron chi connectivity index (χ1n) is 8.56. The highest BCUT2D eigenvalue weighted by Crippen LogP contribution is 2.41. The molecule has 6 heteroatoms. The topological polar surface area (TPSA) is 59.0 Å². The third-order valence-electron chi connectivity index (χ3n) is 5.40. The fourth-order valence-electron chi connectivity index (χ4n) is 4.23. The number of H-pyrrole nitrogens is 1. The molecule has 1 N–H and O–H groups in total. The first-order valence-corrected chi connectivity index (χ1v) is 8.56. The molecule has 1 fully saturated rings. The Labute approximate surface area is 136 Å². The van der Waals surface area contributed by atoms with Crippen molar-refractivity contribution in [2.75, 3.05) is 26.3 Å². The van der Waals surface area contributed by atoms with Crippen LogP contribution < -0.4 is 0 Å². The van der Waals surface area contributed by atoms with E-state index in [2.05, 4.69) is 44.6 Å². The molecule has 0 saturated carbocycles. The number of aromatic amines is 1. The van der Waals surface area contributed by atoms with Crippen LogP contribution in [0.2, 0.25) is 0 Å². The number of aromatic nitrogens is 4. The predicted molar refractivity (Wildman–Crippen MR) is 87.3 cm³/mol. The minimum Gasteiger partial charge on any atom is -0.381 e. The molecule has 23 heavy (non-hydrogen) atoms. The van der Waals surface area contributed by atoms with Crippen LogP contribution in [0.1, 0.15) is 35.6 Å². The SMILES string of the molecule is Cc1cc(C)n(CCN2CCc3[nH]cnc3C23CCOCC3)n1. The first kappa shape index (κ1) is 14.9. The highest BCUT2D eigenvalue weighted by atomic mass is 16.5. The van der Waals surface area contributed by atoms with Crippen LogP contribution in [-0.4, -0.2) is 51.0 Å². The molecule has 1 saturated heterocycles. The Balaban J connectivity index is 1.58. The van der Waals surface area contributed by atoms with Crippen LogP contribution in [0.15, 0.2) is 12.4 Å². The smallest absolute Gasteiger partial charge is 0.0926 e. The molecular weight excluding hydrogens is 290 g/mol. The van der Waals surface area contributed by atoms with Crippen LogP contribution in [-0.2, 0) is 23.2 Å². The molecule has 0 unspecified atom stereocenters. The maximum absolute atomic E-state index is 5.64. The average Bonchev–Trinajstić information content (AvgIpc) is 3.15. The maximum atomic E-state index is 5.64. The molecule has 0 aromatic carbocycles. The lowest BCUT2D eigenvalue weighted by atomic mass is 9.80. The Morgan fingerprint density at radius 1 is 1.26 bits per heavy atom. The highest BCUT2D eigenvalue weighted by molar-refractivity contribution is 5.26. The number of rotatable bonds is 3. The van der Waals surface area contributed by atoms with Gasteiger partial charge >= 0.3 is 0 Å². The van der Waals surface area contributed by atoms with E-state index in [0.717, 1.165) is 57.8 Å². The molecule has 0 bridgehead atoms. The lowest BCUT2D eigenvalue weighted by Crippen LogP contribution is -2.54. The van der Waals surface area contributed by atoms with Crippen molar-refractivity contribution >= 4 is 0 Å². The zero-order valence-corrected chi connectivity index (χ0v) is 14.0. The summed E-state index contributed by atoms with van der Waals surface area (Å²) in [6.45, 7) is 8.85. The lowest BCUT2D eigenvalue weighted by Gasteiger charge is -2.48. The quantitative estimate of drug-likeness (QED) is 0.938. The van der Waals surface area contributed by atoms with Gasteiger partial charge in [0.25, 0.3) is 0 Å². The van der Waals surface area contributed by atoms with Gasteiger partial charge in [-0.05, 0) is 32.8 Å². The lowest BCUT2D eigenvalue weighted by molar-refractivity contribution is -0.0424. The van der Waals surface area contributed by atoms with Crippen LogP contribution in [0, 0.1) is 13.8 Å². The van der Waals surface area contributed by atoms with Gasteiger partial charge in [0.2, 0.25) is 0 Å². The Hall–Kier alpha value is -1.66. The summed E-state index contributed by atoms with van der Waals surface area (Å²) in [4.78, 5) is 10.6. The van der Waals surface area contributed by atoms with Gasteiger partial charge in [-0.2, -0.15) is 5.10 Å². The minimum atomic E-state index is 0.0436. The third kappa shape index (κ3) is 2.50. The molecule has 2 aromatic heterocycles. The van der Waals surface area contributed by atoms with E-state index in [-0.39, 0.29) is 5.54 Å². The molecule has 4 rings (SSSR count). The standard InChI is InChI=1S/C17H25N5O/c1-13-11-14(2)22(20-13)8-7-21-6-3-15-16(19-12-18-15)17(21)4-9-23-10-5-17/h11-12H,3-10H2,1-2H3,(H,18,19). The van der Waals surface area contributed by atoms with Crippen LogP contribution in [0.25, 0.3) is 0 Å². The van der Waals surface area contributed by atoms with Gasteiger partial charge < -0.3 is 9.72 Å². The Morgan fingerprint density at radius 2 is 2.09 bits per heavy atom. The summed E-state index contributed by atoms with van der Waals surface area (Å²) in [5.41, 5.74) is 4.94. The predicted octanol–water partition coefficient (Wildman–Crippen LogP) is 1.79. The second-order valence-electron chi connectivity index (χ2n) is 6.76. The van der Waals surface area contributed by atoms with Gasteiger partial charge in [0.1, 0.15) is 0 Å². The largest absolute Gasteiger partial charge is 0.381 e. The molecule has 124 valence electrons. The average molecular weight is 315 g/mol. The summed E-state index contributed by atoms with van der Waals surface area (Å²) < 4.78 is 7.77. The van der Waals surface area contributed by atoms with E-state index >= 15 is 0 Å². The summed E-state index contributed by atoms with van der Waals surface area (Å²) in [6.07, 6.45) is 4.96. The normalized spacial score (nSPS) is 20.8. The molecule has 2 aromatic rings. The fraction of sp³-hybridized carbons (Fsp3) is 0.647. The van der Waals surface area contributed by atoms with E-state index in [1.54, 1.807) is 0 Å². The minimum absolute atomic E-state index is 0.0436. The Morgan fingerprint density at radius 3 is 2.83 bits per heavy atom. The highest BCUT2D eigenvalue weighted by Gasteiger charge is 2.45. The second kappa shape index (κ2) is 5.76. The van der Waals surface area contributed by atoms with Gasteiger partial charge in [-0.1, -0.05) is 0 Å². The molecular formula is C17H25N5O. The second-order valence-corrected chi connectivity index (χ2v) is 6.76. The molecule has 0 amide bonds. The molecule has 6 nitrogen and oxygen atoms in total. The van der Waals surface area contributed by atoms with E-state index in [4.69, 9.17) is 4.74 Å². The van der Waals surface area contributed by atoms with Crippen molar-refractivity contribution in [1.29, 1.82) is 0 Å². The molecule has 0 aliphatic carbocycles. The van der Waals surface area contributed by atoms with E-state index in [1.165, 1.54) is 17.1 Å². The zero-order chi connectivity index (χ0) is 15.9. The summed E-state index contributed by atoms with van der Waals surface area (Å²) in [5, 5.41) is 4.61. The number of nitrogens with zero attached hydrogens (tertiary/aromatic N) is 4. The van der Waals surface area contributed by atoms with Gasteiger partial charge in [0.15, 0.2) is 0 Å². The maximum Gasteiger partial charge on any atom is 0.0926 e. The number of hydrogen-bond donors (Lipinski definition) is 1. The van der Waals surface area contributed by atoms with Crippen molar-refractivity contribution in [1.82, 2.24) is 24.6 Å². The van der Waals surface area contributed by atoms with Crippen LogP contribution in [0.5, 0.6) is 0 Å². The Bertz CT molecular complexity index is 683. The van der Waals surface area contributed by atoms with Crippen LogP contribution in [0.4, 0.5) is 0 Å². The molecule has 1 spiro atoms. The number of imidazole rings is 1. The molecule has 2 aliphatic rings. The number of hydrogen-bond acceptors (Lipinski definition) is 4. The van der Waals surface area contributed by atoms with Crippen molar-refractivity contribution in [2.45, 2.75) is 45.2 Å². The number of ether oxygens (including phenoxy) is 1. The van der Waals surface area contributed by atoms with Crippen molar-refractivity contribution < 1.29 is 4.74 Å². The van der Waals surface area contributed by atoms with Gasteiger partial charge in [-0.25, -0.2) is 4.98 Å². The third-order valence-corrected chi connectivity index (χ3v) is 5.40. The molecule has 2 aliphatic heterocycles. The summed E-state index contributed by atoms with van der Waals surface area (Å²) >= 11 is 0. The van der Waals surface area contributed by atoms with E-state index in [0.29, 0.717) is 0 Å². The number of nitrogens with one attached hydrogen (secondary N) is 1. The van der Waals surface area contributed by atoms with Crippen molar-refractivity contribution in [2.24, 2.45) is 0 Å².